The third kappa shape index (κ3) is 9.99. The predicted molar refractivity (Wildman–Crippen MR) is 142 cm³/mol. The maximum atomic E-state index is 14.0. The first-order chi connectivity index (χ1) is 16.5. The Labute approximate surface area is 214 Å². The Morgan fingerprint density at radius 2 is 1.83 bits per heavy atom. The van der Waals surface area contributed by atoms with Gasteiger partial charge in [0, 0.05) is 18.2 Å². The van der Waals surface area contributed by atoms with Crippen LogP contribution in [0, 0.1) is 0 Å². The normalized spacial score (nSPS) is 13.9. The predicted octanol–water partition coefficient (Wildman–Crippen LogP) is 4.62. The van der Waals surface area contributed by atoms with Crippen LogP contribution < -0.4 is 10.6 Å². The molecule has 0 aromatic heterocycles. The molecule has 3 unspecified atom stereocenters. The summed E-state index contributed by atoms with van der Waals surface area (Å²) in [7, 11) is 0. The summed E-state index contributed by atoms with van der Waals surface area (Å²) in [6, 6.07) is 4.29. The van der Waals surface area contributed by atoms with Crippen molar-refractivity contribution in [3.63, 3.8) is 0 Å². The van der Waals surface area contributed by atoms with E-state index >= 15 is 0 Å². The van der Waals surface area contributed by atoms with Crippen molar-refractivity contribution < 1.29 is 24.2 Å². The Bertz CT molecular complexity index is 827. The molecule has 0 radical (unpaired) electrons. The van der Waals surface area contributed by atoms with Gasteiger partial charge in [0.15, 0.2) is 0 Å². The van der Waals surface area contributed by atoms with Gasteiger partial charge < -0.3 is 25.4 Å². The van der Waals surface area contributed by atoms with Crippen LogP contribution in [-0.4, -0.2) is 64.2 Å². The topological polar surface area (TPSA) is 108 Å². The number of hydrogen-bond acceptors (Lipinski definition) is 6. The van der Waals surface area contributed by atoms with Gasteiger partial charge in [-0.3, -0.25) is 9.59 Å². The number of carbonyl (C=O) groups is 3. The summed E-state index contributed by atoms with van der Waals surface area (Å²) in [5, 5.41) is 16.3. The van der Waals surface area contributed by atoms with E-state index in [4.69, 9.17) is 4.74 Å². The Morgan fingerprint density at radius 3 is 2.37 bits per heavy atom. The van der Waals surface area contributed by atoms with Crippen LogP contribution in [0.3, 0.4) is 0 Å². The summed E-state index contributed by atoms with van der Waals surface area (Å²) in [6.07, 6.45) is 3.90. The number of unbranched alkanes of at least 4 members (excludes halogenated alkanes) is 1. The maximum absolute atomic E-state index is 14.0. The highest BCUT2D eigenvalue weighted by atomic mass is 32.2. The van der Waals surface area contributed by atoms with E-state index in [-0.39, 0.29) is 17.7 Å². The molecule has 0 saturated carbocycles. The Hall–Kier alpha value is -2.42. The minimum absolute atomic E-state index is 0.0648. The lowest BCUT2D eigenvalue weighted by molar-refractivity contribution is -0.145. The van der Waals surface area contributed by atoms with Gasteiger partial charge in [0.05, 0.1) is 0 Å². The number of phenols is 1. The molecule has 1 aromatic carbocycles. The molecule has 3 N–H and O–H groups in total. The number of amides is 3. The molecule has 0 heterocycles. The number of hydrogen-bond donors (Lipinski definition) is 3. The van der Waals surface area contributed by atoms with Gasteiger partial charge in [-0.15, -0.1) is 0 Å². The Balaban J connectivity index is 3.46. The molecule has 35 heavy (non-hydrogen) atoms. The summed E-state index contributed by atoms with van der Waals surface area (Å²) in [4.78, 5) is 41.5. The molecule has 1 rings (SSSR count). The van der Waals surface area contributed by atoms with E-state index in [1.807, 2.05) is 27.0 Å². The van der Waals surface area contributed by atoms with Crippen LogP contribution in [0.25, 0.3) is 0 Å². The summed E-state index contributed by atoms with van der Waals surface area (Å²) < 4.78 is 5.40. The smallest absolute Gasteiger partial charge is 0.408 e. The molecule has 0 aliphatic carbocycles. The number of para-hydroxylation sites is 1. The molecule has 8 nitrogen and oxygen atoms in total. The van der Waals surface area contributed by atoms with E-state index in [2.05, 4.69) is 10.6 Å². The van der Waals surface area contributed by atoms with E-state index < -0.39 is 29.7 Å². The van der Waals surface area contributed by atoms with Crippen molar-refractivity contribution in [1.29, 1.82) is 0 Å². The summed E-state index contributed by atoms with van der Waals surface area (Å²) in [5.74, 6) is -0.192. The lowest BCUT2D eigenvalue weighted by atomic mass is 9.98. The van der Waals surface area contributed by atoms with Crippen molar-refractivity contribution in [3.8, 4) is 5.75 Å². The van der Waals surface area contributed by atoms with E-state index in [1.54, 1.807) is 50.7 Å². The van der Waals surface area contributed by atoms with Crippen LogP contribution in [0.5, 0.6) is 5.75 Å². The number of thioether (sulfide) groups is 1. The molecule has 0 spiro atoms. The van der Waals surface area contributed by atoms with Crippen LogP contribution >= 0.6 is 11.8 Å². The van der Waals surface area contributed by atoms with E-state index in [1.165, 1.54) is 11.0 Å². The number of carbonyl (C=O) groups excluding carboxylic acids is 3. The molecular weight excluding hydrogens is 466 g/mol. The molecule has 0 aliphatic rings. The first-order valence-corrected chi connectivity index (χ1v) is 13.7. The second kappa shape index (κ2) is 14.9. The molecule has 3 atom stereocenters. The first-order valence-electron chi connectivity index (χ1n) is 12.3. The van der Waals surface area contributed by atoms with Gasteiger partial charge in [0.2, 0.25) is 11.8 Å². The Kier molecular flexibility index (Phi) is 13.0. The van der Waals surface area contributed by atoms with Crippen molar-refractivity contribution in [2.75, 3.05) is 18.6 Å². The average molecular weight is 510 g/mol. The van der Waals surface area contributed by atoms with Crippen molar-refractivity contribution >= 4 is 29.7 Å². The van der Waals surface area contributed by atoms with Crippen molar-refractivity contribution in [3.05, 3.63) is 29.8 Å². The third-order valence-corrected chi connectivity index (χ3v) is 6.15. The van der Waals surface area contributed by atoms with Gasteiger partial charge in [0.1, 0.15) is 23.4 Å². The monoisotopic (exact) mass is 509 g/mol. The molecular formula is C26H43N3O5S. The molecule has 198 valence electrons. The van der Waals surface area contributed by atoms with Crippen LogP contribution in [0.2, 0.25) is 0 Å². The average Bonchev–Trinajstić information content (AvgIpc) is 2.78. The molecule has 0 aliphatic heterocycles. The summed E-state index contributed by atoms with van der Waals surface area (Å²) in [5.41, 5.74) is -0.374. The zero-order chi connectivity index (χ0) is 26.6. The number of phenolic OH excluding ortho intramolecular Hbond substituents is 1. The number of ether oxygens (including phenoxy) is 1. The molecule has 1 aromatic rings. The van der Waals surface area contributed by atoms with Gasteiger partial charge in [0.25, 0.3) is 0 Å². The van der Waals surface area contributed by atoms with Crippen molar-refractivity contribution in [1.82, 2.24) is 15.5 Å². The van der Waals surface area contributed by atoms with Gasteiger partial charge in [-0.25, -0.2) is 4.79 Å². The van der Waals surface area contributed by atoms with E-state index in [0.29, 0.717) is 30.7 Å². The molecule has 0 bridgehead atoms. The van der Waals surface area contributed by atoms with Crippen LogP contribution in [0.1, 0.15) is 78.8 Å². The van der Waals surface area contributed by atoms with Crippen LogP contribution in [0.15, 0.2) is 24.3 Å². The number of rotatable bonds is 13. The molecule has 9 heteroatoms. The second-order valence-electron chi connectivity index (χ2n) is 9.59. The highest BCUT2D eigenvalue weighted by Gasteiger charge is 2.39. The minimum atomic E-state index is -1.05. The van der Waals surface area contributed by atoms with Crippen LogP contribution in [0.4, 0.5) is 4.79 Å². The zero-order valence-electron chi connectivity index (χ0n) is 22.2. The van der Waals surface area contributed by atoms with Gasteiger partial charge in [-0.05, 0) is 65.0 Å². The van der Waals surface area contributed by atoms with Crippen molar-refractivity contribution in [2.45, 2.75) is 91.0 Å². The first kappa shape index (κ1) is 30.6. The standard InChI is InChI=1S/C26H43N3O5S/c1-8-10-16-27-23(31)22(19-13-11-12-14-21(19)30)29(18(3)9-2)24(32)20(15-17-35-7)28-25(33)34-26(4,5)6/h11-14,18,20,22,30H,8-10,15-17H2,1-7H3,(H,27,31)(H,28,33). The lowest BCUT2D eigenvalue weighted by Crippen LogP contribution is -2.55. The minimum Gasteiger partial charge on any atom is -0.508 e. The van der Waals surface area contributed by atoms with E-state index in [0.717, 1.165) is 12.8 Å². The zero-order valence-corrected chi connectivity index (χ0v) is 23.0. The lowest BCUT2D eigenvalue weighted by Gasteiger charge is -2.38. The van der Waals surface area contributed by atoms with Gasteiger partial charge >= 0.3 is 6.09 Å². The number of alkyl carbamates (subject to hydrolysis) is 1. The Morgan fingerprint density at radius 1 is 1.17 bits per heavy atom. The quantitative estimate of drug-likeness (QED) is 0.335. The van der Waals surface area contributed by atoms with Crippen LogP contribution in [-0.2, 0) is 14.3 Å². The van der Waals surface area contributed by atoms with E-state index in [9.17, 15) is 19.5 Å². The molecule has 3 amide bonds. The fraction of sp³-hybridized carbons (Fsp3) is 0.654. The maximum Gasteiger partial charge on any atom is 0.408 e. The number of aromatic hydroxyl groups is 1. The largest absolute Gasteiger partial charge is 0.508 e. The van der Waals surface area contributed by atoms with Crippen molar-refractivity contribution in [2.24, 2.45) is 0 Å². The second-order valence-corrected chi connectivity index (χ2v) is 10.6. The summed E-state index contributed by atoms with van der Waals surface area (Å²) >= 11 is 1.56. The molecule has 0 fully saturated rings. The number of benzene rings is 1. The summed E-state index contributed by atoms with van der Waals surface area (Å²) in [6.45, 7) is 11.6. The van der Waals surface area contributed by atoms with Gasteiger partial charge in [-0.2, -0.15) is 11.8 Å². The molecule has 0 saturated heterocycles. The highest BCUT2D eigenvalue weighted by Crippen LogP contribution is 2.32. The third-order valence-electron chi connectivity index (χ3n) is 5.51. The van der Waals surface area contributed by atoms with Gasteiger partial charge in [-0.1, -0.05) is 38.5 Å². The highest BCUT2D eigenvalue weighted by molar-refractivity contribution is 7.98. The SMILES string of the molecule is CCCCNC(=O)C(c1ccccc1O)N(C(=O)C(CCSC)NC(=O)OC(C)(C)C)C(C)CC. The fourth-order valence-electron chi connectivity index (χ4n) is 3.54. The number of nitrogens with one attached hydrogen (secondary N) is 2. The fourth-order valence-corrected chi connectivity index (χ4v) is 4.01. The number of nitrogens with zero attached hydrogens (tertiary/aromatic N) is 1.